The monoisotopic (exact) mass is 358 g/mol. The van der Waals surface area contributed by atoms with E-state index in [-0.39, 0.29) is 11.9 Å². The quantitative estimate of drug-likeness (QED) is 0.776. The summed E-state index contributed by atoms with van der Waals surface area (Å²) in [5, 5.41) is 0. The van der Waals surface area contributed by atoms with Gasteiger partial charge in [-0.2, -0.15) is 0 Å². The highest BCUT2D eigenvalue weighted by molar-refractivity contribution is 5.89. The number of carbonyl (C=O) groups is 2. The molecule has 2 saturated heterocycles. The highest BCUT2D eigenvalue weighted by Crippen LogP contribution is 2.23. The molecule has 1 aromatic rings. The molecule has 26 heavy (non-hydrogen) atoms. The maximum absolute atomic E-state index is 12.8. The highest BCUT2D eigenvalue weighted by atomic mass is 16.5. The maximum Gasteiger partial charge on any atom is 0.337 e. The summed E-state index contributed by atoms with van der Waals surface area (Å²) in [5.41, 5.74) is 1.77. The van der Waals surface area contributed by atoms with E-state index in [2.05, 4.69) is 9.80 Å². The van der Waals surface area contributed by atoms with Gasteiger partial charge in [-0.15, -0.1) is 0 Å². The van der Waals surface area contributed by atoms with Crippen LogP contribution in [0.3, 0.4) is 0 Å². The van der Waals surface area contributed by atoms with Crippen molar-refractivity contribution in [1.82, 2.24) is 9.80 Å². The van der Waals surface area contributed by atoms with Gasteiger partial charge in [0, 0.05) is 25.6 Å². The van der Waals surface area contributed by atoms with Gasteiger partial charge in [-0.1, -0.05) is 25.0 Å². The van der Waals surface area contributed by atoms with E-state index >= 15 is 0 Å². The molecule has 142 valence electrons. The second-order valence-corrected chi connectivity index (χ2v) is 7.48. The minimum atomic E-state index is -0.301. The average Bonchev–Trinajstić information content (AvgIpc) is 2.97. The lowest BCUT2D eigenvalue weighted by atomic mass is 9.94. The molecule has 1 aromatic carbocycles. The van der Waals surface area contributed by atoms with E-state index in [0.29, 0.717) is 11.5 Å². The normalized spacial score (nSPS) is 19.8. The van der Waals surface area contributed by atoms with Crippen molar-refractivity contribution in [2.24, 2.45) is 5.92 Å². The number of hydrogen-bond donors (Lipinski definition) is 0. The molecule has 3 rings (SSSR count). The molecule has 2 heterocycles. The summed E-state index contributed by atoms with van der Waals surface area (Å²) < 4.78 is 4.73. The van der Waals surface area contributed by atoms with Crippen molar-refractivity contribution in [3.63, 3.8) is 0 Å². The summed E-state index contributed by atoms with van der Waals surface area (Å²) in [6, 6.07) is 7.61. The van der Waals surface area contributed by atoms with Gasteiger partial charge in [0.1, 0.15) is 0 Å². The van der Waals surface area contributed by atoms with E-state index < -0.39 is 0 Å². The fraction of sp³-hybridized carbons (Fsp3) is 0.619. The lowest BCUT2D eigenvalue weighted by Gasteiger charge is -2.34. The Labute approximate surface area is 156 Å². The third-order valence-corrected chi connectivity index (χ3v) is 5.64. The maximum atomic E-state index is 12.8. The summed E-state index contributed by atoms with van der Waals surface area (Å²) in [4.78, 5) is 28.8. The van der Waals surface area contributed by atoms with Crippen molar-refractivity contribution in [3.05, 3.63) is 35.4 Å². The van der Waals surface area contributed by atoms with E-state index in [1.54, 1.807) is 0 Å². The first-order chi connectivity index (χ1) is 12.7. The molecule has 0 atom stereocenters. The molecular formula is C21H30N2O3. The van der Waals surface area contributed by atoms with Gasteiger partial charge in [-0.25, -0.2) is 4.79 Å². The van der Waals surface area contributed by atoms with Crippen molar-refractivity contribution in [2.75, 3.05) is 33.3 Å². The number of amides is 1. The van der Waals surface area contributed by atoms with Gasteiger partial charge in [-0.3, -0.25) is 9.69 Å². The van der Waals surface area contributed by atoms with Crippen LogP contribution in [-0.2, 0) is 16.1 Å². The van der Waals surface area contributed by atoms with Crippen molar-refractivity contribution >= 4 is 11.9 Å². The Morgan fingerprint density at radius 2 is 1.58 bits per heavy atom. The first-order valence-corrected chi connectivity index (χ1v) is 9.86. The first-order valence-electron chi connectivity index (χ1n) is 9.86. The number of rotatable bonds is 4. The number of likely N-dealkylation sites (tertiary alicyclic amines) is 2. The summed E-state index contributed by atoms with van der Waals surface area (Å²) in [5.74, 6) is 0.282. The van der Waals surface area contributed by atoms with Crippen LogP contribution in [0.15, 0.2) is 24.3 Å². The first kappa shape index (κ1) is 18.9. The third kappa shape index (κ3) is 4.85. The molecule has 0 aromatic heterocycles. The molecule has 2 aliphatic rings. The van der Waals surface area contributed by atoms with Gasteiger partial charge in [0.15, 0.2) is 0 Å². The van der Waals surface area contributed by atoms with Gasteiger partial charge in [0.05, 0.1) is 12.7 Å². The highest BCUT2D eigenvalue weighted by Gasteiger charge is 2.28. The number of piperidine rings is 1. The number of methoxy groups -OCH3 is 1. The smallest absolute Gasteiger partial charge is 0.337 e. The zero-order valence-corrected chi connectivity index (χ0v) is 15.8. The molecule has 2 aliphatic heterocycles. The minimum Gasteiger partial charge on any atom is -0.465 e. The van der Waals surface area contributed by atoms with Gasteiger partial charge in [0.2, 0.25) is 5.91 Å². The molecule has 0 aliphatic carbocycles. The second kappa shape index (κ2) is 9.17. The van der Waals surface area contributed by atoms with Crippen LogP contribution in [-0.4, -0.2) is 55.0 Å². The molecule has 0 spiro atoms. The van der Waals surface area contributed by atoms with Crippen molar-refractivity contribution in [3.8, 4) is 0 Å². The van der Waals surface area contributed by atoms with Crippen LogP contribution in [0.2, 0.25) is 0 Å². The Morgan fingerprint density at radius 1 is 0.962 bits per heavy atom. The molecule has 2 fully saturated rings. The number of carbonyl (C=O) groups excluding carboxylic acids is 2. The van der Waals surface area contributed by atoms with Crippen molar-refractivity contribution in [2.45, 2.75) is 45.1 Å². The molecular weight excluding hydrogens is 328 g/mol. The van der Waals surface area contributed by atoms with E-state index in [1.807, 2.05) is 24.3 Å². The summed E-state index contributed by atoms with van der Waals surface area (Å²) in [6.07, 6.45) is 6.75. The molecule has 0 bridgehead atoms. The largest absolute Gasteiger partial charge is 0.465 e. The lowest BCUT2D eigenvalue weighted by molar-refractivity contribution is -0.137. The van der Waals surface area contributed by atoms with Gasteiger partial charge in [-0.05, 0) is 56.5 Å². The fourth-order valence-corrected chi connectivity index (χ4v) is 4.01. The number of benzene rings is 1. The molecule has 0 unspecified atom stereocenters. The topological polar surface area (TPSA) is 49.9 Å². The van der Waals surface area contributed by atoms with Crippen LogP contribution < -0.4 is 0 Å². The van der Waals surface area contributed by atoms with E-state index in [0.717, 1.165) is 58.4 Å². The standard InChI is InChI=1S/C21H30N2O3/c1-26-21(25)19-8-6-17(7-9-19)16-22-14-10-18(11-15-22)20(24)23-12-4-2-3-5-13-23/h6-9,18H,2-5,10-16H2,1H3. The Hall–Kier alpha value is -1.88. The lowest BCUT2D eigenvalue weighted by Crippen LogP contribution is -2.42. The molecule has 0 saturated carbocycles. The Bertz CT molecular complexity index is 598. The Kier molecular flexibility index (Phi) is 6.67. The molecule has 0 N–H and O–H groups in total. The van der Waals surface area contributed by atoms with Crippen LogP contribution in [0.5, 0.6) is 0 Å². The van der Waals surface area contributed by atoms with E-state index in [9.17, 15) is 9.59 Å². The SMILES string of the molecule is COC(=O)c1ccc(CN2CCC(C(=O)N3CCCCCC3)CC2)cc1. The third-order valence-electron chi connectivity index (χ3n) is 5.64. The van der Waals surface area contributed by atoms with Crippen LogP contribution in [0.4, 0.5) is 0 Å². The second-order valence-electron chi connectivity index (χ2n) is 7.48. The van der Waals surface area contributed by atoms with Gasteiger partial charge >= 0.3 is 5.97 Å². The zero-order valence-electron chi connectivity index (χ0n) is 15.8. The van der Waals surface area contributed by atoms with Crippen LogP contribution in [0, 0.1) is 5.92 Å². The Morgan fingerprint density at radius 3 is 2.15 bits per heavy atom. The number of nitrogens with zero attached hydrogens (tertiary/aromatic N) is 2. The van der Waals surface area contributed by atoms with Gasteiger partial charge < -0.3 is 9.64 Å². The van der Waals surface area contributed by atoms with Crippen LogP contribution in [0.25, 0.3) is 0 Å². The fourth-order valence-electron chi connectivity index (χ4n) is 4.01. The molecule has 5 heteroatoms. The molecule has 1 amide bonds. The predicted molar refractivity (Wildman–Crippen MR) is 101 cm³/mol. The van der Waals surface area contributed by atoms with Crippen molar-refractivity contribution < 1.29 is 14.3 Å². The molecule has 5 nitrogen and oxygen atoms in total. The number of hydrogen-bond acceptors (Lipinski definition) is 4. The Balaban J connectivity index is 1.47. The van der Waals surface area contributed by atoms with Crippen LogP contribution in [0.1, 0.15) is 54.4 Å². The van der Waals surface area contributed by atoms with Gasteiger partial charge in [0.25, 0.3) is 0 Å². The number of esters is 1. The summed E-state index contributed by atoms with van der Waals surface area (Å²) in [7, 11) is 1.40. The van der Waals surface area contributed by atoms with E-state index in [1.165, 1.54) is 25.5 Å². The van der Waals surface area contributed by atoms with E-state index in [4.69, 9.17) is 4.74 Å². The zero-order chi connectivity index (χ0) is 18.4. The van der Waals surface area contributed by atoms with Crippen molar-refractivity contribution in [1.29, 1.82) is 0 Å². The summed E-state index contributed by atoms with van der Waals surface area (Å²) in [6.45, 7) is 4.69. The van der Waals surface area contributed by atoms with Crippen LogP contribution >= 0.6 is 0 Å². The number of ether oxygens (including phenoxy) is 1. The predicted octanol–water partition coefficient (Wildman–Crippen LogP) is 3.09. The average molecular weight is 358 g/mol. The minimum absolute atomic E-state index is 0.200. The summed E-state index contributed by atoms with van der Waals surface area (Å²) >= 11 is 0. The molecule has 0 radical (unpaired) electrons.